The normalized spacial score (nSPS) is 10.2. The van der Waals surface area contributed by atoms with Crippen LogP contribution in [0, 0.1) is 24.0 Å². The summed E-state index contributed by atoms with van der Waals surface area (Å²) in [4.78, 5) is 22.4. The summed E-state index contributed by atoms with van der Waals surface area (Å²) in [7, 11) is 0. The number of non-ortho nitro benzene ring substituents is 1. The van der Waals surface area contributed by atoms with E-state index < -0.39 is 4.92 Å². The molecule has 0 radical (unpaired) electrons. The number of nitrogens with zero attached hydrogens (tertiary/aromatic N) is 1. The predicted molar refractivity (Wildman–Crippen MR) is 84.7 cm³/mol. The first-order valence-electron chi connectivity index (χ1n) is 6.21. The molecular weight excluding hydrogens is 336 g/mol. The van der Waals surface area contributed by atoms with Crippen molar-refractivity contribution in [2.45, 2.75) is 13.8 Å². The second-order valence-electron chi connectivity index (χ2n) is 4.70. The Hall–Kier alpha value is -2.21. The molecule has 0 atom stereocenters. The van der Waals surface area contributed by atoms with E-state index in [1.54, 1.807) is 6.07 Å². The van der Waals surface area contributed by atoms with Crippen molar-refractivity contribution in [3.05, 3.63) is 67.7 Å². The van der Waals surface area contributed by atoms with E-state index in [1.807, 2.05) is 26.0 Å². The number of aryl methyl sites for hydroxylation is 2. The molecule has 2 aromatic rings. The Balaban J connectivity index is 2.30. The van der Waals surface area contributed by atoms with Crippen LogP contribution in [0.4, 0.5) is 11.4 Å². The molecular formula is C15H13BrN2O3. The Bertz CT molecular complexity index is 706. The van der Waals surface area contributed by atoms with Gasteiger partial charge in [-0.3, -0.25) is 14.9 Å². The number of nitro groups is 1. The fourth-order valence-electron chi connectivity index (χ4n) is 2.02. The summed E-state index contributed by atoms with van der Waals surface area (Å²) in [5.41, 5.74) is 2.80. The summed E-state index contributed by atoms with van der Waals surface area (Å²) >= 11 is 3.41. The van der Waals surface area contributed by atoms with Crippen LogP contribution < -0.4 is 5.32 Å². The number of halogens is 1. The van der Waals surface area contributed by atoms with Crippen LogP contribution in [-0.4, -0.2) is 10.8 Å². The van der Waals surface area contributed by atoms with E-state index in [1.165, 1.54) is 18.2 Å². The SMILES string of the molecule is Cc1cc(C)c(NC(=O)c2cccc([N+](=O)[O-])c2)c(Br)c1. The lowest BCUT2D eigenvalue weighted by molar-refractivity contribution is -0.384. The molecule has 1 amide bonds. The van der Waals surface area contributed by atoms with Crippen molar-refractivity contribution in [2.75, 3.05) is 5.32 Å². The highest BCUT2D eigenvalue weighted by atomic mass is 79.9. The number of rotatable bonds is 3. The zero-order valence-electron chi connectivity index (χ0n) is 11.5. The number of nitrogens with one attached hydrogen (secondary N) is 1. The molecule has 108 valence electrons. The van der Waals surface area contributed by atoms with Gasteiger partial charge in [0.2, 0.25) is 0 Å². The monoisotopic (exact) mass is 348 g/mol. The smallest absolute Gasteiger partial charge is 0.270 e. The lowest BCUT2D eigenvalue weighted by Crippen LogP contribution is -2.13. The first-order valence-corrected chi connectivity index (χ1v) is 7.00. The molecule has 6 heteroatoms. The topological polar surface area (TPSA) is 72.2 Å². The second-order valence-corrected chi connectivity index (χ2v) is 5.55. The summed E-state index contributed by atoms with van der Waals surface area (Å²) < 4.78 is 0.777. The van der Waals surface area contributed by atoms with Gasteiger partial charge in [0.25, 0.3) is 11.6 Å². The van der Waals surface area contributed by atoms with Crippen molar-refractivity contribution < 1.29 is 9.72 Å². The van der Waals surface area contributed by atoms with E-state index >= 15 is 0 Å². The van der Waals surface area contributed by atoms with Crippen LogP contribution in [0.2, 0.25) is 0 Å². The zero-order valence-corrected chi connectivity index (χ0v) is 13.1. The fraction of sp³-hybridized carbons (Fsp3) is 0.133. The Morgan fingerprint density at radius 2 is 1.95 bits per heavy atom. The zero-order chi connectivity index (χ0) is 15.6. The van der Waals surface area contributed by atoms with Gasteiger partial charge in [0.1, 0.15) is 0 Å². The summed E-state index contributed by atoms with van der Waals surface area (Å²) in [5, 5.41) is 13.5. The van der Waals surface area contributed by atoms with E-state index in [0.717, 1.165) is 15.6 Å². The third-order valence-electron chi connectivity index (χ3n) is 2.99. The Morgan fingerprint density at radius 3 is 2.57 bits per heavy atom. The number of hydrogen-bond acceptors (Lipinski definition) is 3. The largest absolute Gasteiger partial charge is 0.321 e. The molecule has 0 saturated carbocycles. The minimum atomic E-state index is -0.524. The van der Waals surface area contributed by atoms with Crippen molar-refractivity contribution in [2.24, 2.45) is 0 Å². The molecule has 0 aromatic heterocycles. The summed E-state index contributed by atoms with van der Waals surface area (Å²) in [6, 6.07) is 9.49. The maximum Gasteiger partial charge on any atom is 0.270 e. The third-order valence-corrected chi connectivity index (χ3v) is 3.61. The van der Waals surface area contributed by atoms with Gasteiger partial charge in [-0.1, -0.05) is 12.1 Å². The van der Waals surface area contributed by atoms with Crippen LogP contribution in [0.1, 0.15) is 21.5 Å². The first kappa shape index (κ1) is 15.2. The number of benzene rings is 2. The highest BCUT2D eigenvalue weighted by molar-refractivity contribution is 9.10. The summed E-state index contributed by atoms with van der Waals surface area (Å²) in [6.07, 6.45) is 0. The van der Waals surface area contributed by atoms with Gasteiger partial charge in [-0.2, -0.15) is 0 Å². The fourth-order valence-corrected chi connectivity index (χ4v) is 2.79. The number of amides is 1. The second kappa shape index (κ2) is 6.05. The Labute approximate surface area is 130 Å². The molecule has 5 nitrogen and oxygen atoms in total. The molecule has 0 unspecified atom stereocenters. The highest BCUT2D eigenvalue weighted by Gasteiger charge is 2.14. The Morgan fingerprint density at radius 1 is 1.24 bits per heavy atom. The summed E-state index contributed by atoms with van der Waals surface area (Å²) in [6.45, 7) is 3.85. The highest BCUT2D eigenvalue weighted by Crippen LogP contribution is 2.28. The van der Waals surface area contributed by atoms with Gasteiger partial charge in [0, 0.05) is 22.2 Å². The van der Waals surface area contributed by atoms with Gasteiger partial charge in [-0.05, 0) is 53.0 Å². The number of anilines is 1. The minimum Gasteiger partial charge on any atom is -0.321 e. The first-order chi connectivity index (χ1) is 9.88. The lowest BCUT2D eigenvalue weighted by Gasteiger charge is -2.11. The van der Waals surface area contributed by atoms with Gasteiger partial charge in [0.05, 0.1) is 10.6 Å². The van der Waals surface area contributed by atoms with Crippen molar-refractivity contribution in [3.63, 3.8) is 0 Å². The third kappa shape index (κ3) is 3.46. The summed E-state index contributed by atoms with van der Waals surface area (Å²) in [5.74, 6) is -0.383. The molecule has 0 heterocycles. The molecule has 2 rings (SSSR count). The van der Waals surface area contributed by atoms with Gasteiger partial charge in [-0.25, -0.2) is 0 Å². The average molecular weight is 349 g/mol. The van der Waals surface area contributed by atoms with E-state index in [4.69, 9.17) is 0 Å². The molecule has 2 aromatic carbocycles. The molecule has 21 heavy (non-hydrogen) atoms. The predicted octanol–water partition coefficient (Wildman–Crippen LogP) is 4.23. The van der Waals surface area contributed by atoms with Crippen molar-refractivity contribution >= 4 is 33.2 Å². The van der Waals surface area contributed by atoms with Gasteiger partial charge < -0.3 is 5.32 Å². The maximum absolute atomic E-state index is 12.2. The number of carbonyl (C=O) groups is 1. The molecule has 0 aliphatic heterocycles. The number of nitro benzene ring substituents is 1. The molecule has 0 aliphatic carbocycles. The molecule has 0 aliphatic rings. The van der Waals surface area contributed by atoms with Crippen molar-refractivity contribution in [1.29, 1.82) is 0 Å². The Kier molecular flexibility index (Phi) is 4.37. The van der Waals surface area contributed by atoms with Crippen LogP contribution in [0.3, 0.4) is 0 Å². The standard InChI is InChI=1S/C15H13BrN2O3/c1-9-6-10(2)14(13(16)7-9)17-15(19)11-4-3-5-12(8-11)18(20)21/h3-8H,1-2H3,(H,17,19). The molecule has 0 spiro atoms. The lowest BCUT2D eigenvalue weighted by atomic mass is 10.1. The van der Waals surface area contributed by atoms with Crippen LogP contribution in [-0.2, 0) is 0 Å². The molecule has 0 bridgehead atoms. The molecule has 0 saturated heterocycles. The average Bonchev–Trinajstić information content (AvgIpc) is 2.42. The molecule has 0 fully saturated rings. The van der Waals surface area contributed by atoms with Crippen molar-refractivity contribution in [1.82, 2.24) is 0 Å². The van der Waals surface area contributed by atoms with Crippen LogP contribution in [0.25, 0.3) is 0 Å². The van der Waals surface area contributed by atoms with E-state index in [9.17, 15) is 14.9 Å². The van der Waals surface area contributed by atoms with E-state index in [-0.39, 0.29) is 17.2 Å². The van der Waals surface area contributed by atoms with Crippen LogP contribution >= 0.6 is 15.9 Å². The van der Waals surface area contributed by atoms with E-state index in [0.29, 0.717) is 5.69 Å². The molecule has 1 N–H and O–H groups in total. The van der Waals surface area contributed by atoms with Crippen molar-refractivity contribution in [3.8, 4) is 0 Å². The number of hydrogen-bond donors (Lipinski definition) is 1. The maximum atomic E-state index is 12.2. The van der Waals surface area contributed by atoms with Gasteiger partial charge in [0.15, 0.2) is 0 Å². The van der Waals surface area contributed by atoms with E-state index in [2.05, 4.69) is 21.2 Å². The van der Waals surface area contributed by atoms with Crippen LogP contribution in [0.5, 0.6) is 0 Å². The van der Waals surface area contributed by atoms with Gasteiger partial charge >= 0.3 is 0 Å². The quantitative estimate of drug-likeness (QED) is 0.666. The minimum absolute atomic E-state index is 0.109. The van der Waals surface area contributed by atoms with Crippen LogP contribution in [0.15, 0.2) is 40.9 Å². The number of carbonyl (C=O) groups excluding carboxylic acids is 1. The van der Waals surface area contributed by atoms with Gasteiger partial charge in [-0.15, -0.1) is 0 Å².